The zero-order valence-corrected chi connectivity index (χ0v) is 14.0. The summed E-state index contributed by atoms with van der Waals surface area (Å²) in [5.41, 5.74) is 0. The molecule has 0 spiro atoms. The van der Waals surface area contributed by atoms with Gasteiger partial charge in [-0.05, 0) is 0 Å². The molecular formula is C14H25NO11. The highest BCUT2D eigenvalue weighted by molar-refractivity contribution is 5.73. The molecule has 2 fully saturated rings. The molecule has 2 aliphatic rings. The van der Waals surface area contributed by atoms with E-state index in [-0.39, 0.29) is 0 Å². The molecule has 0 bridgehead atoms. The van der Waals surface area contributed by atoms with E-state index >= 15 is 0 Å². The molecule has 0 saturated carbocycles. The molecule has 0 aromatic carbocycles. The Morgan fingerprint density at radius 1 is 0.923 bits per heavy atom. The van der Waals surface area contributed by atoms with Crippen molar-refractivity contribution in [1.82, 2.24) is 5.32 Å². The van der Waals surface area contributed by atoms with Crippen LogP contribution >= 0.6 is 0 Å². The van der Waals surface area contributed by atoms with E-state index in [0.29, 0.717) is 0 Å². The molecule has 12 heteroatoms. The van der Waals surface area contributed by atoms with E-state index in [1.807, 2.05) is 0 Å². The van der Waals surface area contributed by atoms with Crippen molar-refractivity contribution < 1.29 is 54.8 Å². The number of carbonyl (C=O) groups excluding carboxylic acids is 1. The van der Waals surface area contributed by atoms with E-state index < -0.39 is 80.5 Å². The number of nitrogens with one attached hydrogen (secondary N) is 1. The van der Waals surface area contributed by atoms with E-state index in [1.165, 1.54) is 0 Å². The number of hydrogen-bond acceptors (Lipinski definition) is 11. The summed E-state index contributed by atoms with van der Waals surface area (Å²) < 4.78 is 15.7. The van der Waals surface area contributed by atoms with E-state index in [0.717, 1.165) is 6.92 Å². The lowest BCUT2D eigenvalue weighted by atomic mass is 9.96. The smallest absolute Gasteiger partial charge is 0.217 e. The van der Waals surface area contributed by atoms with E-state index in [9.17, 15) is 35.4 Å². The molecular weight excluding hydrogens is 358 g/mol. The van der Waals surface area contributed by atoms with Crippen LogP contribution in [0.5, 0.6) is 0 Å². The highest BCUT2D eigenvalue weighted by Gasteiger charge is 2.50. The summed E-state index contributed by atoms with van der Waals surface area (Å²) in [7, 11) is 0. The second-order valence-electron chi connectivity index (χ2n) is 6.26. The second-order valence-corrected chi connectivity index (χ2v) is 6.26. The average molecular weight is 383 g/mol. The Morgan fingerprint density at radius 2 is 1.46 bits per heavy atom. The van der Waals surface area contributed by atoms with Gasteiger partial charge in [0.25, 0.3) is 0 Å². The Morgan fingerprint density at radius 3 is 2.00 bits per heavy atom. The van der Waals surface area contributed by atoms with Crippen LogP contribution in [0.25, 0.3) is 0 Å². The van der Waals surface area contributed by atoms with Gasteiger partial charge in [0.05, 0.1) is 13.2 Å². The molecule has 2 saturated heterocycles. The van der Waals surface area contributed by atoms with Crippen molar-refractivity contribution in [3.63, 3.8) is 0 Å². The van der Waals surface area contributed by atoms with Gasteiger partial charge in [-0.25, -0.2) is 0 Å². The van der Waals surface area contributed by atoms with Gasteiger partial charge in [0.2, 0.25) is 5.91 Å². The number of carbonyl (C=O) groups is 1. The number of rotatable bonds is 5. The maximum absolute atomic E-state index is 11.4. The quantitative estimate of drug-likeness (QED) is 0.226. The largest absolute Gasteiger partial charge is 0.394 e. The molecule has 26 heavy (non-hydrogen) atoms. The topological polar surface area (TPSA) is 198 Å². The van der Waals surface area contributed by atoms with Crippen LogP contribution in [-0.2, 0) is 19.0 Å². The summed E-state index contributed by atoms with van der Waals surface area (Å²) >= 11 is 0. The zero-order valence-electron chi connectivity index (χ0n) is 14.0. The first-order chi connectivity index (χ1) is 12.2. The predicted octanol–water partition coefficient (Wildman–Crippen LogP) is -5.25. The lowest BCUT2D eigenvalue weighted by Crippen LogP contribution is -2.67. The van der Waals surface area contributed by atoms with Gasteiger partial charge < -0.3 is 55.3 Å². The van der Waals surface area contributed by atoms with E-state index in [1.54, 1.807) is 0 Å². The molecule has 1 amide bonds. The van der Waals surface area contributed by atoms with E-state index in [2.05, 4.69) is 5.32 Å². The number of hydrogen-bond donors (Lipinski definition) is 8. The van der Waals surface area contributed by atoms with Crippen LogP contribution in [0.2, 0.25) is 0 Å². The van der Waals surface area contributed by atoms with Crippen molar-refractivity contribution in [1.29, 1.82) is 0 Å². The number of aliphatic hydroxyl groups excluding tert-OH is 7. The van der Waals surface area contributed by atoms with Crippen molar-refractivity contribution in [2.24, 2.45) is 0 Å². The average Bonchev–Trinajstić information content (AvgIpc) is 2.60. The Bertz CT molecular complexity index is 480. The van der Waals surface area contributed by atoms with Crippen LogP contribution in [0.3, 0.4) is 0 Å². The molecule has 2 heterocycles. The van der Waals surface area contributed by atoms with Crippen molar-refractivity contribution in [2.75, 3.05) is 13.2 Å². The Labute approximate surface area is 148 Å². The maximum Gasteiger partial charge on any atom is 0.217 e. The van der Waals surface area contributed by atoms with Gasteiger partial charge in [-0.15, -0.1) is 0 Å². The van der Waals surface area contributed by atoms with Crippen LogP contribution in [0, 0.1) is 0 Å². The Balaban J connectivity index is 2.18. The fraction of sp³-hybridized carbons (Fsp3) is 0.929. The van der Waals surface area contributed by atoms with Gasteiger partial charge in [-0.2, -0.15) is 0 Å². The lowest BCUT2D eigenvalue weighted by molar-refractivity contribution is -0.348. The van der Waals surface area contributed by atoms with Crippen LogP contribution in [0.4, 0.5) is 0 Å². The molecule has 0 radical (unpaired) electrons. The van der Waals surface area contributed by atoms with Gasteiger partial charge in [0.15, 0.2) is 12.6 Å². The fourth-order valence-electron chi connectivity index (χ4n) is 2.96. The summed E-state index contributed by atoms with van der Waals surface area (Å²) in [6, 6.07) is -1.29. The van der Waals surface area contributed by atoms with Gasteiger partial charge in [0, 0.05) is 6.92 Å². The summed E-state index contributed by atoms with van der Waals surface area (Å²) in [4.78, 5) is 11.4. The minimum Gasteiger partial charge on any atom is -0.394 e. The third-order valence-corrected chi connectivity index (χ3v) is 4.38. The van der Waals surface area contributed by atoms with Crippen LogP contribution in [0.15, 0.2) is 0 Å². The lowest BCUT2D eigenvalue weighted by Gasteiger charge is -2.46. The molecule has 1 unspecified atom stereocenters. The fourth-order valence-corrected chi connectivity index (χ4v) is 2.96. The first-order valence-electron chi connectivity index (χ1n) is 8.06. The highest BCUT2D eigenvalue weighted by atomic mass is 16.7. The molecule has 0 aromatic heterocycles. The molecule has 152 valence electrons. The Kier molecular flexibility index (Phi) is 7.27. The third-order valence-electron chi connectivity index (χ3n) is 4.38. The standard InChI is InChI=1S/C14H25NO11/c1-4(18)15-7-10(21)8(19)6(3-17)25-14(7)26-12-11(22)9(20)5(2-16)24-13(12)23/h5-14,16-17,19-23H,2-3H2,1H3,(H,15,18)/t5-,6-,7-,8-,9-,10-,11+,12+,13+,14?/m1/s1. The monoisotopic (exact) mass is 383 g/mol. The minimum absolute atomic E-state index is 0.581. The molecule has 8 N–H and O–H groups in total. The van der Waals surface area contributed by atoms with Crippen LogP contribution in [-0.4, -0.2) is 116 Å². The molecule has 0 aliphatic carbocycles. The van der Waals surface area contributed by atoms with Gasteiger partial charge >= 0.3 is 0 Å². The zero-order chi connectivity index (χ0) is 19.6. The first kappa shape index (κ1) is 21.4. The maximum atomic E-state index is 11.4. The summed E-state index contributed by atoms with van der Waals surface area (Å²) in [5, 5.41) is 70.7. The molecule has 2 aliphatic heterocycles. The Hall–Kier alpha value is -0.930. The second kappa shape index (κ2) is 8.84. The summed E-state index contributed by atoms with van der Waals surface area (Å²) in [5.74, 6) is -0.581. The highest BCUT2D eigenvalue weighted by Crippen LogP contribution is 2.28. The SMILES string of the molecule is CC(=O)N[C@H]1C(O[C@H]2[C@@H](O)[C@H](O)[C@@H](CO)O[C@@H]2O)O[C@H](CO)[C@@H](O)[C@@H]1O. The van der Waals surface area contributed by atoms with Crippen molar-refractivity contribution >= 4 is 5.91 Å². The summed E-state index contributed by atoms with van der Waals surface area (Å²) in [6.07, 6.45) is -13.7. The van der Waals surface area contributed by atoms with Gasteiger partial charge in [-0.3, -0.25) is 4.79 Å². The first-order valence-corrected chi connectivity index (χ1v) is 8.06. The number of aliphatic hydroxyl groups is 7. The predicted molar refractivity (Wildman–Crippen MR) is 80.2 cm³/mol. The van der Waals surface area contributed by atoms with Crippen molar-refractivity contribution in [2.45, 2.75) is 68.3 Å². The van der Waals surface area contributed by atoms with E-state index in [4.69, 9.17) is 19.3 Å². The summed E-state index contributed by atoms with van der Waals surface area (Å²) in [6.45, 7) is -0.183. The number of ether oxygens (including phenoxy) is 3. The van der Waals surface area contributed by atoms with Gasteiger partial charge in [0.1, 0.15) is 48.8 Å². The van der Waals surface area contributed by atoms with Crippen LogP contribution < -0.4 is 5.32 Å². The molecule has 12 nitrogen and oxygen atoms in total. The number of amides is 1. The van der Waals surface area contributed by atoms with Crippen molar-refractivity contribution in [3.8, 4) is 0 Å². The normalized spacial score (nSPS) is 46.8. The molecule has 0 aromatic rings. The van der Waals surface area contributed by atoms with Crippen molar-refractivity contribution in [3.05, 3.63) is 0 Å². The molecule has 2 rings (SSSR count). The van der Waals surface area contributed by atoms with Crippen LogP contribution in [0.1, 0.15) is 6.92 Å². The minimum atomic E-state index is -1.76. The molecule has 10 atom stereocenters. The van der Waals surface area contributed by atoms with Gasteiger partial charge in [-0.1, -0.05) is 0 Å². The third kappa shape index (κ3) is 4.31.